The first kappa shape index (κ1) is 4.72. The van der Waals surface area contributed by atoms with Gasteiger partial charge in [0.25, 0.3) is 0 Å². The summed E-state index contributed by atoms with van der Waals surface area (Å²) in [7, 11) is 0. The number of fused-ring (bicyclic) bond motifs is 1. The summed E-state index contributed by atoms with van der Waals surface area (Å²) in [5, 5.41) is 0. The Kier molecular flexibility index (Phi) is 0.991. The van der Waals surface area contributed by atoms with E-state index in [1.54, 1.807) is 6.42 Å². The topological polar surface area (TPSA) is 0 Å². The zero-order valence-electron chi connectivity index (χ0n) is 5.27. The van der Waals surface area contributed by atoms with Crippen LogP contribution in [0.5, 0.6) is 0 Å². The molecule has 2 aliphatic rings. The van der Waals surface area contributed by atoms with Crippen LogP contribution in [0.25, 0.3) is 0 Å². The van der Waals surface area contributed by atoms with Gasteiger partial charge in [0.2, 0.25) is 0 Å². The van der Waals surface area contributed by atoms with Gasteiger partial charge in [-0.15, -0.1) is 0 Å². The predicted octanol–water partition coefficient (Wildman–Crippen LogP) is 2.40. The van der Waals surface area contributed by atoms with Crippen LogP contribution >= 0.6 is 0 Å². The molecule has 0 amide bonds. The molecule has 2 saturated carbocycles. The van der Waals surface area contributed by atoms with E-state index in [0.29, 0.717) is 0 Å². The second-order valence-corrected chi connectivity index (χ2v) is 3.20. The fourth-order valence-electron chi connectivity index (χ4n) is 1.99. The molecule has 0 nitrogen and oxygen atoms in total. The van der Waals surface area contributed by atoms with Gasteiger partial charge in [-0.2, -0.15) is 0 Å². The second kappa shape index (κ2) is 1.68. The van der Waals surface area contributed by atoms with Crippen LogP contribution in [0.15, 0.2) is 0 Å². The number of hydrogen-bond acceptors (Lipinski definition) is 0. The highest BCUT2D eigenvalue weighted by molar-refractivity contribution is 4.90. The van der Waals surface area contributed by atoms with Gasteiger partial charge in [0.15, 0.2) is 0 Å². The molecule has 2 aliphatic carbocycles. The largest absolute Gasteiger partial charge is 0.0906 e. The van der Waals surface area contributed by atoms with E-state index in [1.807, 2.05) is 0 Å². The lowest BCUT2D eigenvalue weighted by atomic mass is 9.66. The van der Waals surface area contributed by atoms with Gasteiger partial charge < -0.3 is 0 Å². The number of hydrogen-bond donors (Lipinski definition) is 0. The molecule has 0 aliphatic heterocycles. The molecule has 2 fully saturated rings. The average molecular weight is 109 g/mol. The molecule has 8 heavy (non-hydrogen) atoms. The van der Waals surface area contributed by atoms with E-state index in [9.17, 15) is 0 Å². The van der Waals surface area contributed by atoms with Crippen molar-refractivity contribution in [2.75, 3.05) is 0 Å². The normalized spacial score (nSPS) is 44.0. The zero-order chi connectivity index (χ0) is 5.40. The molecule has 0 N–H and O–H groups in total. The molecule has 0 heteroatoms. The lowest BCUT2D eigenvalue weighted by molar-refractivity contribution is 0.139. The van der Waals surface area contributed by atoms with Crippen LogP contribution in [0.4, 0.5) is 0 Å². The lowest BCUT2D eigenvalue weighted by Crippen LogP contribution is -2.28. The summed E-state index contributed by atoms with van der Waals surface area (Å²) in [5.74, 6) is 2.28. The van der Waals surface area contributed by atoms with E-state index in [2.05, 4.69) is 6.42 Å². The Labute approximate surface area is 51.3 Å². The van der Waals surface area contributed by atoms with Crippen molar-refractivity contribution in [3.8, 4) is 0 Å². The molecule has 0 aromatic carbocycles. The molecular formula is C8H13+. The van der Waals surface area contributed by atoms with Crippen LogP contribution in [0.1, 0.15) is 32.1 Å². The average Bonchev–Trinajstić information content (AvgIpc) is 1.72. The van der Waals surface area contributed by atoms with Crippen molar-refractivity contribution in [1.82, 2.24) is 0 Å². The molecule has 0 aromatic rings. The molecular weight excluding hydrogens is 96.1 g/mol. The minimum atomic E-state index is 1.13. The van der Waals surface area contributed by atoms with Gasteiger partial charge in [-0.3, -0.25) is 0 Å². The van der Waals surface area contributed by atoms with E-state index < -0.39 is 0 Å². The molecule has 44 valence electrons. The van der Waals surface area contributed by atoms with Gasteiger partial charge in [-0.05, 0) is 25.2 Å². The second-order valence-electron chi connectivity index (χ2n) is 3.20. The van der Waals surface area contributed by atoms with E-state index in [4.69, 9.17) is 0 Å². The highest BCUT2D eigenvalue weighted by atomic mass is 14.4. The summed E-state index contributed by atoms with van der Waals surface area (Å²) >= 11 is 0. The Morgan fingerprint density at radius 1 is 1.00 bits per heavy atom. The lowest BCUT2D eigenvalue weighted by Gasteiger charge is -2.36. The molecule has 0 saturated heterocycles. The molecule has 2 rings (SSSR count). The van der Waals surface area contributed by atoms with Gasteiger partial charge in [-0.1, -0.05) is 0 Å². The molecule has 0 radical (unpaired) electrons. The van der Waals surface area contributed by atoms with E-state index in [-0.39, 0.29) is 0 Å². The quantitative estimate of drug-likeness (QED) is 0.419. The molecule has 2 unspecified atom stereocenters. The zero-order valence-corrected chi connectivity index (χ0v) is 5.27. The van der Waals surface area contributed by atoms with Crippen molar-refractivity contribution >= 4 is 0 Å². The third kappa shape index (κ3) is 0.553. The Hall–Kier alpha value is -0.130. The maximum Gasteiger partial charge on any atom is 0.0906 e. The van der Waals surface area contributed by atoms with Crippen molar-refractivity contribution in [2.45, 2.75) is 32.1 Å². The summed E-state index contributed by atoms with van der Waals surface area (Å²) in [6.07, 6.45) is 9.89. The summed E-state index contributed by atoms with van der Waals surface area (Å²) in [6, 6.07) is 0. The Balaban J connectivity index is 1.92. The van der Waals surface area contributed by atoms with Crippen molar-refractivity contribution < 1.29 is 0 Å². The summed E-state index contributed by atoms with van der Waals surface area (Å²) in [6.45, 7) is 0. The Morgan fingerprint density at radius 3 is 2.25 bits per heavy atom. The highest BCUT2D eigenvalue weighted by Crippen LogP contribution is 2.44. The highest BCUT2D eigenvalue weighted by Gasteiger charge is 2.36. The van der Waals surface area contributed by atoms with Crippen LogP contribution in [-0.4, -0.2) is 0 Å². The third-order valence-corrected chi connectivity index (χ3v) is 2.79. The monoisotopic (exact) mass is 109 g/mol. The summed E-state index contributed by atoms with van der Waals surface area (Å²) < 4.78 is 0. The van der Waals surface area contributed by atoms with Crippen molar-refractivity contribution in [1.29, 1.82) is 0 Å². The molecule has 0 aromatic heterocycles. The van der Waals surface area contributed by atoms with Crippen molar-refractivity contribution in [3.63, 3.8) is 0 Å². The fourth-order valence-corrected chi connectivity index (χ4v) is 1.99. The first-order valence-electron chi connectivity index (χ1n) is 3.78. The number of rotatable bonds is 0. The molecule has 2 atom stereocenters. The third-order valence-electron chi connectivity index (χ3n) is 2.79. The van der Waals surface area contributed by atoms with Gasteiger partial charge in [0.05, 0.1) is 19.3 Å². The minimum Gasteiger partial charge on any atom is -0.0494 e. The molecule has 0 spiro atoms. The SMILES string of the molecule is [CH+]1CCC2CCC2C1. The van der Waals surface area contributed by atoms with Crippen LogP contribution in [0.2, 0.25) is 0 Å². The van der Waals surface area contributed by atoms with Crippen LogP contribution in [0, 0.1) is 18.3 Å². The fraction of sp³-hybridized carbons (Fsp3) is 0.875. The van der Waals surface area contributed by atoms with Crippen molar-refractivity contribution in [2.24, 2.45) is 11.8 Å². The standard InChI is InChI=1S/C8H13/c1-2-4-8-6-5-7(8)3-1/h1,7-8H,2-6H2/q+1. The Morgan fingerprint density at radius 2 is 1.88 bits per heavy atom. The molecule has 0 heterocycles. The van der Waals surface area contributed by atoms with E-state index >= 15 is 0 Å². The summed E-state index contributed by atoms with van der Waals surface area (Å²) in [4.78, 5) is 0. The van der Waals surface area contributed by atoms with Crippen LogP contribution in [-0.2, 0) is 0 Å². The first-order valence-corrected chi connectivity index (χ1v) is 3.78. The van der Waals surface area contributed by atoms with Crippen LogP contribution in [0.3, 0.4) is 0 Å². The first-order chi connectivity index (χ1) is 3.97. The maximum absolute atomic E-state index is 2.47. The summed E-state index contributed by atoms with van der Waals surface area (Å²) in [5.41, 5.74) is 0. The van der Waals surface area contributed by atoms with Gasteiger partial charge in [0.1, 0.15) is 0 Å². The van der Waals surface area contributed by atoms with Gasteiger partial charge >= 0.3 is 0 Å². The Bertz CT molecular complexity index is 74.0. The van der Waals surface area contributed by atoms with E-state index in [0.717, 1.165) is 11.8 Å². The predicted molar refractivity (Wildman–Crippen MR) is 34.4 cm³/mol. The molecule has 0 bridgehead atoms. The van der Waals surface area contributed by atoms with Gasteiger partial charge in [0, 0.05) is 5.92 Å². The minimum absolute atomic E-state index is 1.13. The van der Waals surface area contributed by atoms with Gasteiger partial charge in [-0.25, -0.2) is 0 Å². The van der Waals surface area contributed by atoms with E-state index in [1.165, 1.54) is 25.7 Å². The smallest absolute Gasteiger partial charge is 0.0494 e. The maximum atomic E-state index is 2.47. The van der Waals surface area contributed by atoms with Crippen molar-refractivity contribution in [3.05, 3.63) is 6.42 Å². The van der Waals surface area contributed by atoms with Crippen LogP contribution < -0.4 is 0 Å².